The number of fused-ring (bicyclic) bond motifs is 1. The summed E-state index contributed by atoms with van der Waals surface area (Å²) >= 11 is 0. The maximum absolute atomic E-state index is 12.6. The van der Waals surface area contributed by atoms with Crippen molar-refractivity contribution in [1.82, 2.24) is 9.80 Å². The molecule has 6 heteroatoms. The summed E-state index contributed by atoms with van der Waals surface area (Å²) in [6, 6.07) is 7.61. The average molecular weight is 316 g/mol. The van der Waals surface area contributed by atoms with Gasteiger partial charge in [0.25, 0.3) is 5.91 Å². The molecule has 3 rings (SSSR count). The van der Waals surface area contributed by atoms with Crippen molar-refractivity contribution in [3.8, 4) is 0 Å². The third-order valence-electron chi connectivity index (χ3n) is 4.04. The predicted octanol–water partition coefficient (Wildman–Crippen LogP) is 2.66. The fourth-order valence-electron chi connectivity index (χ4n) is 2.78. The monoisotopic (exact) mass is 316 g/mol. The predicted molar refractivity (Wildman–Crippen MR) is 85.4 cm³/mol. The Kier molecular flexibility index (Phi) is 4.23. The summed E-state index contributed by atoms with van der Waals surface area (Å²) in [5.74, 6) is 0.211. The Morgan fingerprint density at radius 2 is 1.87 bits per heavy atom. The molecule has 122 valence electrons. The van der Waals surface area contributed by atoms with Crippen molar-refractivity contribution in [2.75, 3.05) is 32.8 Å². The molecule has 1 aliphatic rings. The number of benzene rings is 1. The van der Waals surface area contributed by atoms with Gasteiger partial charge in [0.2, 0.25) is 0 Å². The lowest BCUT2D eigenvalue weighted by Gasteiger charge is -2.33. The number of aryl methyl sites for hydroxylation is 1. The van der Waals surface area contributed by atoms with Crippen molar-refractivity contribution in [3.63, 3.8) is 0 Å². The number of nitrogens with zero attached hydrogens (tertiary/aromatic N) is 2. The van der Waals surface area contributed by atoms with E-state index < -0.39 is 0 Å². The lowest BCUT2D eigenvalue weighted by molar-refractivity contribution is 0.0548. The van der Waals surface area contributed by atoms with Crippen LogP contribution in [-0.2, 0) is 4.74 Å². The molecule has 2 aromatic rings. The topological polar surface area (TPSA) is 63.0 Å². The Morgan fingerprint density at radius 1 is 1.17 bits per heavy atom. The number of carbonyl (C=O) groups is 2. The van der Waals surface area contributed by atoms with E-state index in [1.54, 1.807) is 22.8 Å². The molecule has 0 N–H and O–H groups in total. The zero-order chi connectivity index (χ0) is 16.4. The first kappa shape index (κ1) is 15.4. The summed E-state index contributed by atoms with van der Waals surface area (Å²) in [5.41, 5.74) is 1.76. The molecule has 0 unspecified atom stereocenters. The summed E-state index contributed by atoms with van der Waals surface area (Å²) in [5, 5.41) is 0.929. The van der Waals surface area contributed by atoms with E-state index in [1.807, 2.05) is 25.1 Å². The molecular formula is C17H20N2O4. The average Bonchev–Trinajstić information content (AvgIpc) is 3.00. The highest BCUT2D eigenvalue weighted by Crippen LogP contribution is 2.23. The number of rotatable bonds is 2. The van der Waals surface area contributed by atoms with Gasteiger partial charge in [0.15, 0.2) is 5.76 Å². The van der Waals surface area contributed by atoms with Gasteiger partial charge in [-0.25, -0.2) is 4.79 Å². The molecule has 2 amide bonds. The van der Waals surface area contributed by atoms with E-state index in [2.05, 4.69) is 0 Å². The molecule has 0 radical (unpaired) electrons. The molecule has 1 aromatic carbocycles. The van der Waals surface area contributed by atoms with Gasteiger partial charge in [-0.2, -0.15) is 0 Å². The highest BCUT2D eigenvalue weighted by molar-refractivity contribution is 5.96. The van der Waals surface area contributed by atoms with Crippen LogP contribution in [0.25, 0.3) is 11.0 Å². The minimum Gasteiger partial charge on any atom is -0.451 e. The molecule has 0 saturated carbocycles. The maximum Gasteiger partial charge on any atom is 0.409 e. The van der Waals surface area contributed by atoms with Crippen LogP contribution in [0.4, 0.5) is 4.79 Å². The van der Waals surface area contributed by atoms with Crippen molar-refractivity contribution < 1.29 is 18.7 Å². The minimum absolute atomic E-state index is 0.135. The Labute approximate surface area is 134 Å². The molecule has 0 bridgehead atoms. The highest BCUT2D eigenvalue weighted by Gasteiger charge is 2.27. The van der Waals surface area contributed by atoms with E-state index in [0.29, 0.717) is 38.5 Å². The van der Waals surface area contributed by atoms with Gasteiger partial charge < -0.3 is 19.0 Å². The second kappa shape index (κ2) is 6.32. The molecular weight excluding hydrogens is 296 g/mol. The normalized spacial score (nSPS) is 15.0. The second-order valence-corrected chi connectivity index (χ2v) is 5.58. The molecule has 23 heavy (non-hydrogen) atoms. The van der Waals surface area contributed by atoms with Crippen LogP contribution in [0.5, 0.6) is 0 Å². The van der Waals surface area contributed by atoms with Gasteiger partial charge in [-0.05, 0) is 25.5 Å². The molecule has 1 aromatic heterocycles. The van der Waals surface area contributed by atoms with Crippen LogP contribution < -0.4 is 0 Å². The van der Waals surface area contributed by atoms with Crippen molar-refractivity contribution in [2.24, 2.45) is 0 Å². The largest absolute Gasteiger partial charge is 0.451 e. The molecule has 2 heterocycles. The third kappa shape index (κ3) is 3.02. The number of carbonyl (C=O) groups excluding carboxylic acids is 2. The van der Waals surface area contributed by atoms with Crippen LogP contribution in [0.15, 0.2) is 28.7 Å². The Bertz CT molecular complexity index is 729. The Balaban J connectivity index is 1.69. The van der Waals surface area contributed by atoms with Gasteiger partial charge in [-0.15, -0.1) is 0 Å². The highest BCUT2D eigenvalue weighted by atomic mass is 16.6. The molecule has 0 spiro atoms. The number of hydrogen-bond donors (Lipinski definition) is 0. The van der Waals surface area contributed by atoms with Crippen LogP contribution >= 0.6 is 0 Å². The van der Waals surface area contributed by atoms with Crippen LogP contribution in [0.1, 0.15) is 23.0 Å². The van der Waals surface area contributed by atoms with Crippen molar-refractivity contribution in [3.05, 3.63) is 35.6 Å². The molecule has 6 nitrogen and oxygen atoms in total. The van der Waals surface area contributed by atoms with Gasteiger partial charge in [0.1, 0.15) is 5.58 Å². The Morgan fingerprint density at radius 3 is 2.52 bits per heavy atom. The molecule has 1 saturated heterocycles. The minimum atomic E-state index is -0.320. The standard InChI is InChI=1S/C17H20N2O4/c1-3-22-17(21)19-9-7-18(8-10-19)16(20)14-11-13-6-4-5-12(2)15(13)23-14/h4-6,11H,3,7-10H2,1-2H3. The zero-order valence-electron chi connectivity index (χ0n) is 13.4. The van der Waals surface area contributed by atoms with E-state index in [0.717, 1.165) is 16.5 Å². The van der Waals surface area contributed by atoms with E-state index in [4.69, 9.17) is 9.15 Å². The quantitative estimate of drug-likeness (QED) is 0.854. The third-order valence-corrected chi connectivity index (χ3v) is 4.04. The SMILES string of the molecule is CCOC(=O)N1CCN(C(=O)c2cc3cccc(C)c3o2)CC1. The number of furan rings is 1. The van der Waals surface area contributed by atoms with Gasteiger partial charge in [-0.1, -0.05) is 18.2 Å². The molecule has 0 atom stereocenters. The summed E-state index contributed by atoms with van der Waals surface area (Å²) in [6.45, 7) is 6.00. The molecule has 1 fully saturated rings. The van der Waals surface area contributed by atoms with Crippen LogP contribution in [0.3, 0.4) is 0 Å². The second-order valence-electron chi connectivity index (χ2n) is 5.58. The first-order valence-electron chi connectivity index (χ1n) is 7.80. The van der Waals surface area contributed by atoms with E-state index in [9.17, 15) is 9.59 Å². The van der Waals surface area contributed by atoms with E-state index >= 15 is 0 Å². The van der Waals surface area contributed by atoms with E-state index in [-0.39, 0.29) is 12.0 Å². The van der Waals surface area contributed by atoms with Gasteiger partial charge in [-0.3, -0.25) is 4.79 Å². The molecule has 1 aliphatic heterocycles. The summed E-state index contributed by atoms with van der Waals surface area (Å²) in [4.78, 5) is 27.6. The van der Waals surface area contributed by atoms with Gasteiger partial charge in [0, 0.05) is 31.6 Å². The summed E-state index contributed by atoms with van der Waals surface area (Å²) in [6.07, 6.45) is -0.320. The number of ether oxygens (including phenoxy) is 1. The first-order valence-corrected chi connectivity index (χ1v) is 7.80. The first-order chi connectivity index (χ1) is 11.1. The van der Waals surface area contributed by atoms with Gasteiger partial charge in [0.05, 0.1) is 6.61 Å². The lowest BCUT2D eigenvalue weighted by atomic mass is 10.2. The number of amides is 2. The summed E-state index contributed by atoms with van der Waals surface area (Å²) < 4.78 is 10.7. The fraction of sp³-hybridized carbons (Fsp3) is 0.412. The van der Waals surface area contributed by atoms with Crippen LogP contribution in [-0.4, -0.2) is 54.6 Å². The number of hydrogen-bond acceptors (Lipinski definition) is 4. The van der Waals surface area contributed by atoms with Crippen molar-refractivity contribution >= 4 is 23.0 Å². The Hall–Kier alpha value is -2.50. The fourth-order valence-corrected chi connectivity index (χ4v) is 2.78. The lowest BCUT2D eigenvalue weighted by Crippen LogP contribution is -2.50. The van der Waals surface area contributed by atoms with Crippen molar-refractivity contribution in [2.45, 2.75) is 13.8 Å². The maximum atomic E-state index is 12.6. The zero-order valence-corrected chi connectivity index (χ0v) is 13.4. The van der Waals surface area contributed by atoms with Crippen LogP contribution in [0.2, 0.25) is 0 Å². The summed E-state index contributed by atoms with van der Waals surface area (Å²) in [7, 11) is 0. The number of piperazine rings is 1. The van der Waals surface area contributed by atoms with Crippen LogP contribution in [0, 0.1) is 6.92 Å². The number of para-hydroxylation sites is 1. The van der Waals surface area contributed by atoms with Crippen molar-refractivity contribution in [1.29, 1.82) is 0 Å². The van der Waals surface area contributed by atoms with E-state index in [1.165, 1.54) is 0 Å². The smallest absolute Gasteiger partial charge is 0.409 e. The van der Waals surface area contributed by atoms with Gasteiger partial charge >= 0.3 is 6.09 Å². The molecule has 0 aliphatic carbocycles.